The minimum absolute atomic E-state index is 0.0611. The molecule has 1 aromatic carbocycles. The second-order valence-corrected chi connectivity index (χ2v) is 9.10. The molecular formula is C24H34BNO5. The minimum Gasteiger partial charge on any atom is -0.535 e. The van der Waals surface area contributed by atoms with Gasteiger partial charge in [-0.2, -0.15) is 0 Å². The number of rotatable bonds is 10. The van der Waals surface area contributed by atoms with Crippen molar-refractivity contribution in [1.82, 2.24) is 5.32 Å². The van der Waals surface area contributed by atoms with Crippen LogP contribution in [0, 0.1) is 5.92 Å². The van der Waals surface area contributed by atoms with Gasteiger partial charge in [0.05, 0.1) is 11.6 Å². The molecule has 168 valence electrons. The zero-order chi connectivity index (χ0) is 22.4. The summed E-state index contributed by atoms with van der Waals surface area (Å²) in [5.74, 6) is 0.347. The molecule has 0 radical (unpaired) electrons. The Kier molecular flexibility index (Phi) is 8.44. The summed E-state index contributed by atoms with van der Waals surface area (Å²) in [4.78, 5) is 36.9. The van der Waals surface area contributed by atoms with Crippen molar-refractivity contribution in [2.75, 3.05) is 6.54 Å². The summed E-state index contributed by atoms with van der Waals surface area (Å²) in [7, 11) is -1.11. The second-order valence-electron chi connectivity index (χ2n) is 9.10. The Hall–Kier alpha value is -1.99. The molecule has 2 unspecified atom stereocenters. The Balaban J connectivity index is 1.49. The molecule has 0 spiro atoms. The van der Waals surface area contributed by atoms with Crippen molar-refractivity contribution < 1.29 is 24.1 Å². The Labute approximate surface area is 185 Å². The molecule has 1 saturated carbocycles. The first-order chi connectivity index (χ1) is 14.9. The van der Waals surface area contributed by atoms with Crippen LogP contribution in [0.25, 0.3) is 0 Å². The lowest BCUT2D eigenvalue weighted by Crippen LogP contribution is -2.42. The Bertz CT molecular complexity index is 811. The zero-order valence-electron chi connectivity index (χ0n) is 18.7. The third-order valence-corrected chi connectivity index (χ3v) is 6.52. The highest BCUT2D eigenvalue weighted by Crippen LogP contribution is 2.37. The van der Waals surface area contributed by atoms with Gasteiger partial charge in [0.15, 0.2) is 5.78 Å². The summed E-state index contributed by atoms with van der Waals surface area (Å²) >= 11 is 0. The number of nitrogens with one attached hydrogen (secondary N) is 1. The van der Waals surface area contributed by atoms with Crippen molar-refractivity contribution in [3.8, 4) is 5.75 Å². The normalized spacial score (nSPS) is 23.3. The van der Waals surface area contributed by atoms with Gasteiger partial charge in [-0.25, -0.2) is 0 Å². The number of para-hydroxylation sites is 1. The van der Waals surface area contributed by atoms with Gasteiger partial charge in [-0.1, -0.05) is 31.9 Å². The smallest absolute Gasteiger partial charge is 0.526 e. The first-order valence-electron chi connectivity index (χ1n) is 11.6. The van der Waals surface area contributed by atoms with E-state index in [9.17, 15) is 19.4 Å². The van der Waals surface area contributed by atoms with E-state index in [1.165, 1.54) is 13.3 Å². The average molecular weight is 427 g/mol. The predicted octanol–water partition coefficient (Wildman–Crippen LogP) is 3.54. The number of fused-ring (bicyclic) bond motifs is 1. The van der Waals surface area contributed by atoms with Crippen molar-refractivity contribution in [1.29, 1.82) is 0 Å². The first kappa shape index (κ1) is 23.7. The highest BCUT2D eigenvalue weighted by molar-refractivity contribution is 6.47. The first-order valence-corrected chi connectivity index (χ1v) is 11.6. The highest BCUT2D eigenvalue weighted by Gasteiger charge is 2.38. The fourth-order valence-electron chi connectivity index (χ4n) is 4.77. The van der Waals surface area contributed by atoms with Crippen LogP contribution in [0.15, 0.2) is 18.2 Å². The van der Waals surface area contributed by atoms with Gasteiger partial charge in [0, 0.05) is 25.1 Å². The summed E-state index contributed by atoms with van der Waals surface area (Å²) in [6.45, 7) is 4.51. The number of carbonyl (C=O) groups is 3. The number of Topliss-reactive ketones (excluding diaryl/α,β-unsaturated/α-hetero) is 3. The molecule has 1 aliphatic heterocycles. The van der Waals surface area contributed by atoms with E-state index in [-0.39, 0.29) is 41.5 Å². The molecule has 1 fully saturated rings. The Morgan fingerprint density at radius 2 is 2.00 bits per heavy atom. The number of hydrogen-bond donors (Lipinski definition) is 2. The van der Waals surface area contributed by atoms with Gasteiger partial charge >= 0.3 is 7.12 Å². The average Bonchev–Trinajstić information content (AvgIpc) is 2.72. The maximum atomic E-state index is 12.7. The molecule has 0 saturated heterocycles. The largest absolute Gasteiger partial charge is 0.535 e. The van der Waals surface area contributed by atoms with Crippen LogP contribution in [0.1, 0.15) is 81.1 Å². The van der Waals surface area contributed by atoms with E-state index >= 15 is 0 Å². The van der Waals surface area contributed by atoms with Crippen LogP contribution in [0.5, 0.6) is 5.75 Å². The van der Waals surface area contributed by atoms with Gasteiger partial charge in [-0.05, 0) is 56.7 Å². The van der Waals surface area contributed by atoms with E-state index < -0.39 is 7.12 Å². The van der Waals surface area contributed by atoms with E-state index in [0.717, 1.165) is 37.8 Å². The van der Waals surface area contributed by atoms with E-state index in [1.807, 2.05) is 6.07 Å². The van der Waals surface area contributed by atoms with Gasteiger partial charge in [0.1, 0.15) is 17.3 Å². The molecule has 1 aromatic rings. The maximum absolute atomic E-state index is 12.7. The Morgan fingerprint density at radius 3 is 2.71 bits per heavy atom. The molecule has 0 bridgehead atoms. The molecule has 1 heterocycles. The van der Waals surface area contributed by atoms with Crippen LogP contribution in [0.3, 0.4) is 0 Å². The lowest BCUT2D eigenvalue weighted by Gasteiger charge is -2.30. The van der Waals surface area contributed by atoms with Gasteiger partial charge < -0.3 is 15.0 Å². The summed E-state index contributed by atoms with van der Waals surface area (Å²) in [6.07, 6.45) is 6.62. The SMILES string of the molecule is CCCCCNC1CCC(CC(=O)C[C@H]2Cc3cccc(C(C)=O)c3OB2O)CC1=O. The second kappa shape index (κ2) is 11.0. The van der Waals surface area contributed by atoms with Crippen LogP contribution in [0.2, 0.25) is 5.82 Å². The van der Waals surface area contributed by atoms with Crippen molar-refractivity contribution in [3.63, 3.8) is 0 Å². The van der Waals surface area contributed by atoms with Gasteiger partial charge in [0.2, 0.25) is 0 Å². The number of carbonyl (C=O) groups excluding carboxylic acids is 3. The highest BCUT2D eigenvalue weighted by atomic mass is 16.5. The topological polar surface area (TPSA) is 92.7 Å². The van der Waals surface area contributed by atoms with Gasteiger partial charge in [-0.3, -0.25) is 14.4 Å². The monoisotopic (exact) mass is 427 g/mol. The van der Waals surface area contributed by atoms with Crippen LogP contribution < -0.4 is 9.97 Å². The standard InChI is InChI=1S/C24H34BNO5/c1-3-4-5-11-26-22-10-9-17(13-23(22)29)12-20(28)15-19-14-18-7-6-8-21(16(2)27)24(18)31-25(19)30/h6-8,17,19,22,26,30H,3-5,9-15H2,1-2H3/t17?,19-,22?/m1/s1. The third kappa shape index (κ3) is 6.26. The molecule has 2 aliphatic rings. The van der Waals surface area contributed by atoms with Gasteiger partial charge in [-0.15, -0.1) is 0 Å². The zero-order valence-corrected chi connectivity index (χ0v) is 18.7. The van der Waals surface area contributed by atoms with Crippen molar-refractivity contribution >= 4 is 24.5 Å². The maximum Gasteiger partial charge on any atom is 0.526 e. The summed E-state index contributed by atoms with van der Waals surface area (Å²) < 4.78 is 5.63. The van der Waals surface area contributed by atoms with E-state index in [1.54, 1.807) is 12.1 Å². The minimum atomic E-state index is -1.11. The Morgan fingerprint density at radius 1 is 1.19 bits per heavy atom. The van der Waals surface area contributed by atoms with E-state index in [2.05, 4.69) is 12.2 Å². The summed E-state index contributed by atoms with van der Waals surface area (Å²) in [5, 5.41) is 13.8. The molecule has 7 heteroatoms. The lowest BCUT2D eigenvalue weighted by molar-refractivity contribution is -0.125. The molecule has 6 nitrogen and oxygen atoms in total. The van der Waals surface area contributed by atoms with E-state index in [4.69, 9.17) is 4.65 Å². The molecule has 2 N–H and O–H groups in total. The van der Waals surface area contributed by atoms with Crippen LogP contribution in [-0.2, 0) is 16.0 Å². The molecular weight excluding hydrogens is 393 g/mol. The summed E-state index contributed by atoms with van der Waals surface area (Å²) in [5.41, 5.74) is 1.31. The predicted molar refractivity (Wildman–Crippen MR) is 120 cm³/mol. The number of unbranched alkanes of at least 4 members (excludes halogenated alkanes) is 2. The van der Waals surface area contributed by atoms with Gasteiger partial charge in [0.25, 0.3) is 0 Å². The lowest BCUT2D eigenvalue weighted by atomic mass is 9.64. The fraction of sp³-hybridized carbons (Fsp3) is 0.625. The molecule has 0 aromatic heterocycles. The number of hydrogen-bond acceptors (Lipinski definition) is 6. The quantitative estimate of drug-likeness (QED) is 0.337. The van der Waals surface area contributed by atoms with Crippen LogP contribution in [0.4, 0.5) is 0 Å². The molecule has 31 heavy (non-hydrogen) atoms. The van der Waals surface area contributed by atoms with Crippen LogP contribution in [-0.4, -0.2) is 42.1 Å². The van der Waals surface area contributed by atoms with Crippen molar-refractivity contribution in [3.05, 3.63) is 29.3 Å². The third-order valence-electron chi connectivity index (χ3n) is 6.52. The number of benzene rings is 1. The van der Waals surface area contributed by atoms with E-state index in [0.29, 0.717) is 30.6 Å². The molecule has 3 rings (SSSR count). The van der Waals surface area contributed by atoms with Crippen LogP contribution >= 0.6 is 0 Å². The van der Waals surface area contributed by atoms with Crippen molar-refractivity contribution in [2.24, 2.45) is 5.92 Å². The summed E-state index contributed by atoms with van der Waals surface area (Å²) in [6, 6.07) is 5.29. The molecule has 0 amide bonds. The molecule has 1 aliphatic carbocycles. The fourth-order valence-corrected chi connectivity index (χ4v) is 4.77. The molecule has 3 atom stereocenters. The van der Waals surface area contributed by atoms with Crippen molar-refractivity contribution in [2.45, 2.75) is 83.5 Å². The number of ketones is 3.